The van der Waals surface area contributed by atoms with Crippen LogP contribution in [0.25, 0.3) is 0 Å². The highest BCUT2D eigenvalue weighted by atomic mass is 15.1. The molecule has 2 saturated heterocycles. The molecule has 0 spiro atoms. The fraction of sp³-hybridized carbons (Fsp3) is 0.833. The van der Waals surface area contributed by atoms with E-state index in [1.807, 2.05) is 0 Å². The van der Waals surface area contributed by atoms with Crippen LogP contribution in [-0.4, -0.2) is 19.1 Å². The Labute approximate surface area is 49.7 Å². The van der Waals surface area contributed by atoms with Gasteiger partial charge in [0.25, 0.3) is 0 Å². The minimum Gasteiger partial charge on any atom is -0.315 e. The number of hydrogen-bond acceptors (Lipinski definition) is 2. The predicted octanol–water partition coefficient (Wildman–Crippen LogP) is -0.271. The lowest BCUT2D eigenvalue weighted by atomic mass is 10.1. The van der Waals surface area contributed by atoms with Crippen LogP contribution in [0.2, 0.25) is 0 Å². The molecule has 2 atom stereocenters. The molecule has 2 aliphatic heterocycles. The Morgan fingerprint density at radius 2 is 2.38 bits per heavy atom. The topological polar surface area (TPSA) is 24.1 Å². The van der Waals surface area contributed by atoms with Crippen molar-refractivity contribution >= 4 is 0 Å². The summed E-state index contributed by atoms with van der Waals surface area (Å²) >= 11 is 0. The molecule has 0 bridgehead atoms. The van der Waals surface area contributed by atoms with Crippen LogP contribution in [0.3, 0.4) is 0 Å². The molecule has 2 fully saturated rings. The SMILES string of the molecule is [CH]1CC2CNCC2N1. The predicted molar refractivity (Wildman–Crippen MR) is 32.2 cm³/mol. The van der Waals surface area contributed by atoms with E-state index >= 15 is 0 Å². The number of hydrogen-bond donors (Lipinski definition) is 2. The summed E-state index contributed by atoms with van der Waals surface area (Å²) in [5, 5.41) is 6.67. The van der Waals surface area contributed by atoms with Crippen LogP contribution in [-0.2, 0) is 0 Å². The van der Waals surface area contributed by atoms with Crippen molar-refractivity contribution in [2.45, 2.75) is 12.5 Å². The quantitative estimate of drug-likeness (QED) is 0.449. The van der Waals surface area contributed by atoms with Gasteiger partial charge >= 0.3 is 0 Å². The van der Waals surface area contributed by atoms with Crippen LogP contribution in [0.5, 0.6) is 0 Å². The van der Waals surface area contributed by atoms with Gasteiger partial charge in [-0.2, -0.15) is 0 Å². The van der Waals surface area contributed by atoms with Crippen LogP contribution in [0.1, 0.15) is 6.42 Å². The lowest BCUT2D eigenvalue weighted by molar-refractivity contribution is 0.556. The van der Waals surface area contributed by atoms with Crippen LogP contribution >= 0.6 is 0 Å². The van der Waals surface area contributed by atoms with Gasteiger partial charge < -0.3 is 10.6 Å². The van der Waals surface area contributed by atoms with Gasteiger partial charge in [-0.05, 0) is 18.9 Å². The van der Waals surface area contributed by atoms with Gasteiger partial charge in [0.2, 0.25) is 0 Å². The maximum Gasteiger partial charge on any atom is 0.0236 e. The zero-order valence-electron chi connectivity index (χ0n) is 4.85. The Balaban J connectivity index is 2.04. The highest BCUT2D eigenvalue weighted by Gasteiger charge is 2.30. The summed E-state index contributed by atoms with van der Waals surface area (Å²) < 4.78 is 0. The van der Waals surface area contributed by atoms with E-state index in [1.165, 1.54) is 19.5 Å². The van der Waals surface area contributed by atoms with Gasteiger partial charge in [0.1, 0.15) is 0 Å². The summed E-state index contributed by atoms with van der Waals surface area (Å²) in [6.45, 7) is 4.57. The molecule has 0 aromatic carbocycles. The molecule has 0 saturated carbocycles. The average Bonchev–Trinajstić information content (AvgIpc) is 2.15. The van der Waals surface area contributed by atoms with Gasteiger partial charge in [0.05, 0.1) is 0 Å². The molecule has 0 aromatic heterocycles. The lowest BCUT2D eigenvalue weighted by Crippen LogP contribution is -2.26. The Morgan fingerprint density at radius 1 is 1.38 bits per heavy atom. The third-order valence-corrected chi connectivity index (χ3v) is 2.09. The number of fused-ring (bicyclic) bond motifs is 1. The van der Waals surface area contributed by atoms with Crippen molar-refractivity contribution in [3.05, 3.63) is 6.54 Å². The van der Waals surface area contributed by atoms with E-state index < -0.39 is 0 Å². The molecule has 0 aromatic rings. The molecule has 1 radical (unpaired) electrons. The largest absolute Gasteiger partial charge is 0.315 e. The summed E-state index contributed by atoms with van der Waals surface area (Å²) in [5.74, 6) is 0.898. The Hall–Kier alpha value is -0.0800. The zero-order chi connectivity index (χ0) is 5.40. The van der Waals surface area contributed by atoms with Gasteiger partial charge in [-0.15, -0.1) is 0 Å². The summed E-state index contributed by atoms with van der Waals surface area (Å²) in [4.78, 5) is 0. The van der Waals surface area contributed by atoms with Crippen molar-refractivity contribution in [2.75, 3.05) is 13.1 Å². The standard InChI is InChI=1S/C6H11N2/c1-2-8-6-4-7-3-5(1)6/h2,5-8H,1,3-4H2. The van der Waals surface area contributed by atoms with Crippen molar-refractivity contribution in [1.82, 2.24) is 10.6 Å². The molecule has 2 unspecified atom stereocenters. The van der Waals surface area contributed by atoms with E-state index in [2.05, 4.69) is 17.2 Å². The summed E-state index contributed by atoms with van der Waals surface area (Å²) in [6, 6.07) is 0.759. The molecular formula is C6H11N2. The summed E-state index contributed by atoms with van der Waals surface area (Å²) in [5.41, 5.74) is 0. The molecule has 8 heavy (non-hydrogen) atoms. The summed E-state index contributed by atoms with van der Waals surface area (Å²) in [7, 11) is 0. The highest BCUT2D eigenvalue weighted by Crippen LogP contribution is 2.20. The molecule has 45 valence electrons. The fourth-order valence-corrected chi connectivity index (χ4v) is 1.55. The molecule has 2 aliphatic rings. The van der Waals surface area contributed by atoms with Crippen molar-refractivity contribution < 1.29 is 0 Å². The fourth-order valence-electron chi connectivity index (χ4n) is 1.55. The molecule has 0 amide bonds. The van der Waals surface area contributed by atoms with Crippen LogP contribution in [0.15, 0.2) is 0 Å². The van der Waals surface area contributed by atoms with Crippen LogP contribution < -0.4 is 10.6 Å². The smallest absolute Gasteiger partial charge is 0.0236 e. The van der Waals surface area contributed by atoms with E-state index in [-0.39, 0.29) is 0 Å². The van der Waals surface area contributed by atoms with Crippen molar-refractivity contribution in [2.24, 2.45) is 5.92 Å². The molecule has 2 heterocycles. The van der Waals surface area contributed by atoms with Crippen LogP contribution in [0, 0.1) is 12.5 Å². The van der Waals surface area contributed by atoms with E-state index in [0.717, 1.165) is 12.0 Å². The maximum absolute atomic E-state index is 3.34. The summed E-state index contributed by atoms with van der Waals surface area (Å²) in [6.07, 6.45) is 1.26. The molecular weight excluding hydrogens is 100 g/mol. The normalized spacial score (nSPS) is 45.0. The zero-order valence-corrected chi connectivity index (χ0v) is 4.85. The second-order valence-corrected chi connectivity index (χ2v) is 2.63. The highest BCUT2D eigenvalue weighted by molar-refractivity contribution is 4.96. The third-order valence-electron chi connectivity index (χ3n) is 2.09. The Morgan fingerprint density at radius 3 is 3.25 bits per heavy atom. The van der Waals surface area contributed by atoms with Gasteiger partial charge in [-0.3, -0.25) is 0 Å². The number of nitrogens with one attached hydrogen (secondary N) is 2. The van der Waals surface area contributed by atoms with Gasteiger partial charge in [-0.1, -0.05) is 0 Å². The second-order valence-electron chi connectivity index (χ2n) is 2.63. The first-order chi connectivity index (χ1) is 3.97. The molecule has 2 N–H and O–H groups in total. The Bertz CT molecular complexity index is 72.5. The first kappa shape index (κ1) is 4.77. The maximum atomic E-state index is 3.34. The molecule has 0 aliphatic carbocycles. The first-order valence-corrected chi connectivity index (χ1v) is 3.25. The molecule has 2 rings (SSSR count). The van der Waals surface area contributed by atoms with Gasteiger partial charge in [0.15, 0.2) is 0 Å². The van der Waals surface area contributed by atoms with E-state index in [0.29, 0.717) is 0 Å². The molecule has 2 nitrogen and oxygen atoms in total. The van der Waals surface area contributed by atoms with Crippen molar-refractivity contribution in [3.63, 3.8) is 0 Å². The van der Waals surface area contributed by atoms with Gasteiger partial charge in [0, 0.05) is 19.1 Å². The van der Waals surface area contributed by atoms with Crippen molar-refractivity contribution in [3.8, 4) is 0 Å². The lowest BCUT2D eigenvalue weighted by Gasteiger charge is -2.03. The van der Waals surface area contributed by atoms with Crippen LogP contribution in [0.4, 0.5) is 0 Å². The van der Waals surface area contributed by atoms with E-state index in [1.54, 1.807) is 0 Å². The third kappa shape index (κ3) is 0.565. The number of rotatable bonds is 0. The van der Waals surface area contributed by atoms with Crippen molar-refractivity contribution in [1.29, 1.82) is 0 Å². The second kappa shape index (κ2) is 1.71. The van der Waals surface area contributed by atoms with E-state index in [4.69, 9.17) is 0 Å². The minimum atomic E-state index is 0.759. The average molecular weight is 111 g/mol. The minimum absolute atomic E-state index is 0.759. The molecule has 2 heteroatoms. The van der Waals surface area contributed by atoms with E-state index in [9.17, 15) is 0 Å². The monoisotopic (exact) mass is 111 g/mol. The first-order valence-electron chi connectivity index (χ1n) is 3.25. The van der Waals surface area contributed by atoms with Gasteiger partial charge in [-0.25, -0.2) is 0 Å². The Kier molecular flexibility index (Phi) is 1.02.